The number of rotatable bonds is 10. The van der Waals surface area contributed by atoms with Crippen LogP contribution in [0.2, 0.25) is 0 Å². The topological polar surface area (TPSA) is 95.1 Å². The monoisotopic (exact) mass is 431 g/mol. The summed E-state index contributed by atoms with van der Waals surface area (Å²) in [5.41, 5.74) is 0. The van der Waals surface area contributed by atoms with Crippen molar-refractivity contribution in [2.45, 2.75) is 65.0 Å². The van der Waals surface area contributed by atoms with Crippen molar-refractivity contribution in [1.29, 1.82) is 0 Å². The molecule has 1 atom stereocenters. The van der Waals surface area contributed by atoms with Crippen LogP contribution in [0.1, 0.15) is 52.9 Å². The molecule has 0 radical (unpaired) electrons. The van der Waals surface area contributed by atoms with Gasteiger partial charge in [0.05, 0.1) is 18.4 Å². The van der Waals surface area contributed by atoms with E-state index >= 15 is 0 Å². The molecule has 170 valence electrons. The summed E-state index contributed by atoms with van der Waals surface area (Å²) in [5, 5.41) is 6.71. The predicted octanol–water partition coefficient (Wildman–Crippen LogP) is 1.15. The average molecular weight is 432 g/mol. The summed E-state index contributed by atoms with van der Waals surface area (Å²) in [5.74, 6) is 1.39. The zero-order valence-electron chi connectivity index (χ0n) is 18.5. The fraction of sp³-hybridized carbons (Fsp3) is 0.950. The first-order valence-electron chi connectivity index (χ1n) is 11.2. The van der Waals surface area contributed by atoms with Crippen molar-refractivity contribution >= 4 is 16.0 Å². The molecule has 2 fully saturated rings. The fourth-order valence-electron chi connectivity index (χ4n) is 3.83. The normalized spacial score (nSPS) is 22.8. The number of nitrogens with zero attached hydrogens (tertiary/aromatic N) is 2. The Morgan fingerprint density at radius 2 is 1.97 bits per heavy atom. The highest BCUT2D eigenvalue weighted by Gasteiger charge is 2.21. The van der Waals surface area contributed by atoms with Crippen LogP contribution in [0.4, 0.5) is 0 Å². The average Bonchev–Trinajstić information content (AvgIpc) is 2.68. The summed E-state index contributed by atoms with van der Waals surface area (Å²) >= 11 is 0. The highest BCUT2D eigenvalue weighted by atomic mass is 32.2. The lowest BCUT2D eigenvalue weighted by Crippen LogP contribution is -2.49. The first-order valence-corrected chi connectivity index (χ1v) is 12.9. The molecule has 0 bridgehead atoms. The maximum Gasteiger partial charge on any atom is 0.213 e. The molecule has 2 saturated heterocycles. The van der Waals surface area contributed by atoms with Crippen molar-refractivity contribution in [2.24, 2.45) is 10.9 Å². The van der Waals surface area contributed by atoms with Gasteiger partial charge in [0, 0.05) is 45.4 Å². The van der Waals surface area contributed by atoms with Gasteiger partial charge in [0.25, 0.3) is 0 Å². The molecule has 29 heavy (non-hydrogen) atoms. The van der Waals surface area contributed by atoms with Gasteiger partial charge in [-0.1, -0.05) is 13.8 Å². The van der Waals surface area contributed by atoms with Crippen molar-refractivity contribution in [2.75, 3.05) is 51.6 Å². The molecule has 0 aromatic rings. The lowest BCUT2D eigenvalue weighted by Gasteiger charge is -2.34. The van der Waals surface area contributed by atoms with Crippen LogP contribution in [0.15, 0.2) is 4.99 Å². The van der Waals surface area contributed by atoms with E-state index in [1.807, 2.05) is 6.92 Å². The molecule has 2 rings (SSSR count). The number of piperidine rings is 1. The Morgan fingerprint density at radius 3 is 2.59 bits per heavy atom. The van der Waals surface area contributed by atoms with Gasteiger partial charge in [-0.15, -0.1) is 0 Å². The summed E-state index contributed by atoms with van der Waals surface area (Å²) in [6, 6.07) is 0.384. The van der Waals surface area contributed by atoms with Gasteiger partial charge in [-0.05, 0) is 44.9 Å². The molecule has 3 N–H and O–H groups in total. The number of aliphatic imine (C=N–C) groups is 1. The van der Waals surface area contributed by atoms with E-state index in [9.17, 15) is 8.42 Å². The van der Waals surface area contributed by atoms with E-state index in [0.717, 1.165) is 64.9 Å². The number of hydrogen-bond acceptors (Lipinski definition) is 5. The van der Waals surface area contributed by atoms with E-state index in [1.54, 1.807) is 0 Å². The molecule has 0 saturated carbocycles. The summed E-state index contributed by atoms with van der Waals surface area (Å²) in [7, 11) is -3.34. The summed E-state index contributed by atoms with van der Waals surface area (Å²) in [6.45, 7) is 11.9. The minimum absolute atomic E-state index is 0.00238. The number of nitrogens with one attached hydrogen (secondary N) is 3. The molecule has 9 heteroatoms. The third-order valence-corrected chi connectivity index (χ3v) is 6.66. The third-order valence-electron chi connectivity index (χ3n) is 5.33. The van der Waals surface area contributed by atoms with Crippen molar-refractivity contribution in [3.8, 4) is 0 Å². The van der Waals surface area contributed by atoms with Gasteiger partial charge >= 0.3 is 0 Å². The highest BCUT2D eigenvalue weighted by Crippen LogP contribution is 2.13. The summed E-state index contributed by atoms with van der Waals surface area (Å²) in [4.78, 5) is 7.00. The first-order chi connectivity index (χ1) is 13.9. The van der Waals surface area contributed by atoms with E-state index < -0.39 is 10.0 Å². The van der Waals surface area contributed by atoms with Crippen LogP contribution in [0, 0.1) is 5.92 Å². The Hall–Kier alpha value is -0.900. The summed E-state index contributed by atoms with van der Waals surface area (Å²) < 4.78 is 32.7. The van der Waals surface area contributed by atoms with Gasteiger partial charge in [0.1, 0.15) is 0 Å². The largest absolute Gasteiger partial charge is 0.377 e. The zero-order valence-corrected chi connectivity index (χ0v) is 19.3. The molecule has 0 aromatic heterocycles. The van der Waals surface area contributed by atoms with Gasteiger partial charge in [0.15, 0.2) is 5.96 Å². The van der Waals surface area contributed by atoms with Crippen molar-refractivity contribution in [1.82, 2.24) is 20.3 Å². The lowest BCUT2D eigenvalue weighted by atomic mass is 10.0. The molecule has 2 aliphatic heterocycles. The molecule has 2 aliphatic rings. The van der Waals surface area contributed by atoms with Crippen LogP contribution in [0.25, 0.3) is 0 Å². The zero-order chi connectivity index (χ0) is 21.1. The second-order valence-electron chi connectivity index (χ2n) is 8.53. The lowest BCUT2D eigenvalue weighted by molar-refractivity contribution is 0.0200. The Labute approximate surface area is 177 Å². The number of ether oxygens (including phenoxy) is 1. The van der Waals surface area contributed by atoms with Crippen LogP contribution < -0.4 is 15.4 Å². The van der Waals surface area contributed by atoms with Gasteiger partial charge < -0.3 is 20.3 Å². The van der Waals surface area contributed by atoms with Crippen molar-refractivity contribution < 1.29 is 13.2 Å². The first kappa shape index (κ1) is 24.4. The Kier molecular flexibility index (Phi) is 10.7. The minimum atomic E-state index is -3.34. The molecular weight excluding hydrogens is 390 g/mol. The van der Waals surface area contributed by atoms with Crippen LogP contribution in [-0.2, 0) is 14.8 Å². The van der Waals surface area contributed by atoms with E-state index in [4.69, 9.17) is 4.74 Å². The van der Waals surface area contributed by atoms with E-state index in [-0.39, 0.29) is 18.4 Å². The van der Waals surface area contributed by atoms with E-state index in [2.05, 4.69) is 39.1 Å². The maximum atomic E-state index is 12.2. The molecule has 8 nitrogen and oxygen atoms in total. The molecule has 0 spiro atoms. The van der Waals surface area contributed by atoms with Crippen LogP contribution in [0.3, 0.4) is 0 Å². The molecule has 0 aliphatic carbocycles. The second-order valence-corrected chi connectivity index (χ2v) is 10.5. The molecule has 0 aromatic carbocycles. The fourth-order valence-corrected chi connectivity index (χ4v) is 4.74. The molecule has 0 amide bonds. The van der Waals surface area contributed by atoms with Crippen LogP contribution in [-0.4, -0.2) is 83.1 Å². The number of hydrogen-bond donors (Lipinski definition) is 3. The highest BCUT2D eigenvalue weighted by molar-refractivity contribution is 7.89. The number of guanidine groups is 1. The van der Waals surface area contributed by atoms with Crippen molar-refractivity contribution in [3.63, 3.8) is 0 Å². The maximum absolute atomic E-state index is 12.2. The standard InChI is InChI=1S/C20H41N5O3S/c1-4-21-20(24-18-8-11-25(12-9-18)16-17(2)3)22-10-14-29(26,27)23-15-19-7-5-6-13-28-19/h17-19,23H,4-16H2,1-3H3,(H2,21,22,24). The smallest absolute Gasteiger partial charge is 0.213 e. The minimum Gasteiger partial charge on any atom is -0.377 e. The van der Waals surface area contributed by atoms with Crippen LogP contribution >= 0.6 is 0 Å². The van der Waals surface area contributed by atoms with Crippen molar-refractivity contribution in [3.05, 3.63) is 0 Å². The number of sulfonamides is 1. The number of likely N-dealkylation sites (tertiary alicyclic amines) is 1. The SMILES string of the molecule is CCNC(=NCCS(=O)(=O)NCC1CCCCO1)NC1CCN(CC(C)C)CC1. The van der Waals surface area contributed by atoms with Gasteiger partial charge in [-0.3, -0.25) is 4.99 Å². The van der Waals surface area contributed by atoms with Gasteiger partial charge in [0.2, 0.25) is 10.0 Å². The Balaban J connectivity index is 1.73. The van der Waals surface area contributed by atoms with Gasteiger partial charge in [-0.2, -0.15) is 0 Å². The van der Waals surface area contributed by atoms with Crippen LogP contribution in [0.5, 0.6) is 0 Å². The molecule has 2 heterocycles. The summed E-state index contributed by atoms with van der Waals surface area (Å²) in [6.07, 6.45) is 5.25. The van der Waals surface area contributed by atoms with E-state index in [0.29, 0.717) is 24.5 Å². The second kappa shape index (κ2) is 12.7. The third kappa shape index (κ3) is 10.1. The predicted molar refractivity (Wildman–Crippen MR) is 119 cm³/mol. The van der Waals surface area contributed by atoms with E-state index in [1.165, 1.54) is 0 Å². The Bertz CT molecular complexity index is 583. The quantitative estimate of drug-likeness (QED) is 0.355. The van der Waals surface area contributed by atoms with Gasteiger partial charge in [-0.25, -0.2) is 13.1 Å². The Morgan fingerprint density at radius 1 is 1.21 bits per heavy atom. The molecule has 1 unspecified atom stereocenters. The molecular formula is C20H41N5O3S.